The second-order valence-corrected chi connectivity index (χ2v) is 5.27. The number of hydrogen-bond acceptors (Lipinski definition) is 4. The average molecular weight is 272 g/mol. The summed E-state index contributed by atoms with van der Waals surface area (Å²) < 4.78 is 27.3. The number of sulfonamides is 1. The number of nitrogens with one attached hydrogen (secondary N) is 1. The molecule has 0 radical (unpaired) electrons. The normalized spacial score (nSPS) is 11.3. The molecule has 0 aromatic heterocycles. The van der Waals surface area contributed by atoms with Gasteiger partial charge in [0.25, 0.3) is 0 Å². The zero-order valence-corrected chi connectivity index (χ0v) is 11.1. The number of ether oxygens (including phenoxy) is 1. The minimum atomic E-state index is -3.78. The molecule has 1 amide bonds. The van der Waals surface area contributed by atoms with Crippen molar-refractivity contribution in [3.63, 3.8) is 0 Å². The Morgan fingerprint density at radius 3 is 2.67 bits per heavy atom. The molecule has 0 spiro atoms. The number of anilines is 1. The van der Waals surface area contributed by atoms with Crippen molar-refractivity contribution >= 4 is 21.6 Å². The van der Waals surface area contributed by atoms with E-state index in [4.69, 9.17) is 9.88 Å². The molecule has 0 heterocycles. The maximum atomic E-state index is 11.5. The molecular weight excluding hydrogens is 256 g/mol. The van der Waals surface area contributed by atoms with Gasteiger partial charge >= 0.3 is 0 Å². The minimum absolute atomic E-state index is 0.0418. The Bertz CT molecular complexity index is 540. The van der Waals surface area contributed by atoms with Crippen LogP contribution in [0, 0.1) is 6.92 Å². The highest BCUT2D eigenvalue weighted by molar-refractivity contribution is 7.89. The first-order valence-electron chi connectivity index (χ1n) is 5.35. The van der Waals surface area contributed by atoms with Crippen LogP contribution >= 0.6 is 0 Å². The summed E-state index contributed by atoms with van der Waals surface area (Å²) in [6, 6.07) is 4.30. The van der Waals surface area contributed by atoms with Gasteiger partial charge in [-0.05, 0) is 31.5 Å². The lowest BCUT2D eigenvalue weighted by molar-refractivity contribution is -0.120. The van der Waals surface area contributed by atoms with E-state index in [-0.39, 0.29) is 17.4 Å². The smallest absolute Gasteiger partial charge is 0.250 e. The molecule has 0 aliphatic carbocycles. The first-order valence-corrected chi connectivity index (χ1v) is 6.90. The number of carbonyl (C=O) groups excluding carboxylic acids is 1. The zero-order chi connectivity index (χ0) is 13.8. The standard InChI is InChI=1S/C11H16N2O4S/c1-3-17-7-11(14)13-10-6-9(18(12,15)16)5-4-8(10)2/h4-6H,3,7H2,1-2H3,(H,13,14)(H2,12,15,16). The Morgan fingerprint density at radius 1 is 1.44 bits per heavy atom. The molecule has 0 saturated carbocycles. The number of benzene rings is 1. The number of amides is 1. The average Bonchev–Trinajstić information content (AvgIpc) is 2.28. The monoisotopic (exact) mass is 272 g/mol. The molecule has 0 aliphatic rings. The van der Waals surface area contributed by atoms with Crippen molar-refractivity contribution < 1.29 is 17.9 Å². The summed E-state index contributed by atoms with van der Waals surface area (Å²) in [6.07, 6.45) is 0. The minimum Gasteiger partial charge on any atom is -0.372 e. The Labute approximate surface area is 106 Å². The second-order valence-electron chi connectivity index (χ2n) is 3.71. The highest BCUT2D eigenvalue weighted by Gasteiger charge is 2.11. The van der Waals surface area contributed by atoms with Gasteiger partial charge in [0.1, 0.15) is 6.61 Å². The molecule has 0 atom stereocenters. The SMILES string of the molecule is CCOCC(=O)Nc1cc(S(N)(=O)=O)ccc1C. The summed E-state index contributed by atoms with van der Waals surface area (Å²) in [6.45, 7) is 3.89. The number of hydrogen-bond donors (Lipinski definition) is 2. The van der Waals surface area contributed by atoms with Crippen LogP contribution in [0.5, 0.6) is 0 Å². The molecule has 3 N–H and O–H groups in total. The Hall–Kier alpha value is -1.44. The lowest BCUT2D eigenvalue weighted by Crippen LogP contribution is -2.19. The fraction of sp³-hybridized carbons (Fsp3) is 0.364. The molecule has 0 fully saturated rings. The molecule has 6 nitrogen and oxygen atoms in total. The third-order valence-electron chi connectivity index (χ3n) is 2.25. The first kappa shape index (κ1) is 14.6. The van der Waals surface area contributed by atoms with E-state index < -0.39 is 10.0 Å². The third kappa shape index (κ3) is 4.10. The molecule has 1 aromatic rings. The van der Waals surface area contributed by atoms with Crippen LogP contribution in [-0.4, -0.2) is 27.5 Å². The maximum Gasteiger partial charge on any atom is 0.250 e. The van der Waals surface area contributed by atoms with Crippen molar-refractivity contribution in [2.24, 2.45) is 5.14 Å². The van der Waals surface area contributed by atoms with Gasteiger partial charge in [0.2, 0.25) is 15.9 Å². The molecule has 1 rings (SSSR count). The molecule has 0 aliphatic heterocycles. The predicted octanol–water partition coefficient (Wildman–Crippen LogP) is 0.617. The Balaban J connectivity index is 2.92. The summed E-state index contributed by atoms with van der Waals surface area (Å²) >= 11 is 0. The number of nitrogens with two attached hydrogens (primary N) is 1. The van der Waals surface area contributed by atoms with Crippen LogP contribution in [0.1, 0.15) is 12.5 Å². The lowest BCUT2D eigenvalue weighted by atomic mass is 10.2. The van der Waals surface area contributed by atoms with Crippen LogP contribution in [0.15, 0.2) is 23.1 Å². The quantitative estimate of drug-likeness (QED) is 0.820. The predicted molar refractivity (Wildman–Crippen MR) is 67.7 cm³/mol. The van der Waals surface area contributed by atoms with Crippen LogP contribution in [0.2, 0.25) is 0 Å². The van der Waals surface area contributed by atoms with E-state index in [9.17, 15) is 13.2 Å². The van der Waals surface area contributed by atoms with E-state index >= 15 is 0 Å². The largest absolute Gasteiger partial charge is 0.372 e. The van der Waals surface area contributed by atoms with Crippen LogP contribution in [0.4, 0.5) is 5.69 Å². The van der Waals surface area contributed by atoms with Gasteiger partial charge in [0, 0.05) is 12.3 Å². The highest BCUT2D eigenvalue weighted by atomic mass is 32.2. The molecule has 0 unspecified atom stereocenters. The van der Waals surface area contributed by atoms with Gasteiger partial charge in [-0.2, -0.15) is 0 Å². The van der Waals surface area contributed by atoms with Crippen LogP contribution in [0.25, 0.3) is 0 Å². The van der Waals surface area contributed by atoms with Gasteiger partial charge in [0.15, 0.2) is 0 Å². The van der Waals surface area contributed by atoms with Crippen molar-refractivity contribution in [1.29, 1.82) is 0 Å². The van der Waals surface area contributed by atoms with E-state index in [1.54, 1.807) is 19.9 Å². The molecule has 0 saturated heterocycles. The third-order valence-corrected chi connectivity index (χ3v) is 3.16. The number of rotatable bonds is 5. The van der Waals surface area contributed by atoms with E-state index in [1.165, 1.54) is 12.1 Å². The van der Waals surface area contributed by atoms with Gasteiger partial charge in [-0.15, -0.1) is 0 Å². The topological polar surface area (TPSA) is 98.5 Å². The van der Waals surface area contributed by atoms with Gasteiger partial charge < -0.3 is 10.1 Å². The van der Waals surface area contributed by atoms with E-state index in [2.05, 4.69) is 5.32 Å². The van der Waals surface area contributed by atoms with Crippen molar-refractivity contribution in [2.75, 3.05) is 18.5 Å². The van der Waals surface area contributed by atoms with Crippen molar-refractivity contribution in [2.45, 2.75) is 18.7 Å². The summed E-state index contributed by atoms with van der Waals surface area (Å²) in [7, 11) is -3.78. The summed E-state index contributed by atoms with van der Waals surface area (Å²) in [5, 5.41) is 7.60. The highest BCUT2D eigenvalue weighted by Crippen LogP contribution is 2.19. The summed E-state index contributed by atoms with van der Waals surface area (Å²) in [4.78, 5) is 11.4. The number of aryl methyl sites for hydroxylation is 1. The number of carbonyl (C=O) groups is 1. The fourth-order valence-electron chi connectivity index (χ4n) is 1.29. The molecule has 100 valence electrons. The van der Waals surface area contributed by atoms with Crippen LogP contribution in [0.3, 0.4) is 0 Å². The molecule has 0 bridgehead atoms. The Kier molecular flexibility index (Phi) is 4.83. The Morgan fingerprint density at radius 2 is 2.11 bits per heavy atom. The lowest BCUT2D eigenvalue weighted by Gasteiger charge is -2.09. The van der Waals surface area contributed by atoms with Crippen molar-refractivity contribution in [3.05, 3.63) is 23.8 Å². The van der Waals surface area contributed by atoms with Crippen LogP contribution < -0.4 is 10.5 Å². The second kappa shape index (κ2) is 5.94. The number of primary sulfonamides is 1. The van der Waals surface area contributed by atoms with Crippen LogP contribution in [-0.2, 0) is 19.6 Å². The van der Waals surface area contributed by atoms with E-state index in [0.29, 0.717) is 12.3 Å². The molecule has 18 heavy (non-hydrogen) atoms. The first-order chi connectivity index (χ1) is 8.34. The molecular formula is C11H16N2O4S. The van der Waals surface area contributed by atoms with Gasteiger partial charge in [-0.25, -0.2) is 13.6 Å². The van der Waals surface area contributed by atoms with E-state index in [0.717, 1.165) is 5.56 Å². The van der Waals surface area contributed by atoms with Crippen molar-refractivity contribution in [3.8, 4) is 0 Å². The van der Waals surface area contributed by atoms with Gasteiger partial charge in [-0.3, -0.25) is 4.79 Å². The molecule has 1 aromatic carbocycles. The fourth-order valence-corrected chi connectivity index (χ4v) is 1.83. The molecule has 7 heteroatoms. The summed E-state index contributed by atoms with van der Waals surface area (Å²) in [5.41, 5.74) is 1.15. The van der Waals surface area contributed by atoms with Crippen molar-refractivity contribution in [1.82, 2.24) is 0 Å². The van der Waals surface area contributed by atoms with Gasteiger partial charge in [-0.1, -0.05) is 6.07 Å². The summed E-state index contributed by atoms with van der Waals surface area (Å²) in [5.74, 6) is -0.341. The zero-order valence-electron chi connectivity index (χ0n) is 10.3. The maximum absolute atomic E-state index is 11.5. The van der Waals surface area contributed by atoms with Gasteiger partial charge in [0.05, 0.1) is 4.90 Å². The van der Waals surface area contributed by atoms with E-state index in [1.807, 2.05) is 0 Å².